The summed E-state index contributed by atoms with van der Waals surface area (Å²) in [5, 5.41) is 21.1. The molecule has 1 saturated carbocycles. The molecule has 0 radical (unpaired) electrons. The van der Waals surface area contributed by atoms with Crippen molar-refractivity contribution in [3.05, 3.63) is 42.1 Å². The maximum Gasteiger partial charge on any atom is 0.416 e. The van der Waals surface area contributed by atoms with E-state index in [2.05, 4.69) is 25.6 Å². The summed E-state index contributed by atoms with van der Waals surface area (Å²) in [6, 6.07) is 3.77. The smallest absolute Gasteiger partial charge is 0.416 e. The van der Waals surface area contributed by atoms with Crippen LogP contribution < -0.4 is 10.6 Å². The summed E-state index contributed by atoms with van der Waals surface area (Å²) in [7, 11) is 1.64. The molecule has 0 spiro atoms. The van der Waals surface area contributed by atoms with Crippen molar-refractivity contribution >= 4 is 22.6 Å². The third-order valence-electron chi connectivity index (χ3n) is 7.00. The molecule has 1 saturated heterocycles. The van der Waals surface area contributed by atoms with E-state index >= 15 is 0 Å². The summed E-state index contributed by atoms with van der Waals surface area (Å²) in [6.45, 7) is 1.34. The Bertz CT molecular complexity index is 1200. The lowest BCUT2D eigenvalue weighted by Gasteiger charge is -2.47. The first-order valence-corrected chi connectivity index (χ1v) is 11.6. The van der Waals surface area contributed by atoms with Crippen molar-refractivity contribution in [3.8, 4) is 0 Å². The monoisotopic (exact) mass is 492 g/mol. The third-order valence-corrected chi connectivity index (χ3v) is 7.00. The minimum atomic E-state index is -4.46. The number of aliphatic hydroxyl groups is 1. The number of carbonyl (C=O) groups is 1. The number of rotatable bonds is 6. The maximum atomic E-state index is 13.1. The molecule has 9 nitrogen and oxygen atoms in total. The zero-order chi connectivity index (χ0) is 24.8. The number of nitrogens with zero attached hydrogens (tertiary/aromatic N) is 4. The number of anilines is 1. The Morgan fingerprint density at radius 3 is 2.69 bits per heavy atom. The first-order chi connectivity index (χ1) is 16.6. The van der Waals surface area contributed by atoms with Crippen molar-refractivity contribution in [1.29, 1.82) is 0 Å². The van der Waals surface area contributed by atoms with Crippen LogP contribution in [0.2, 0.25) is 0 Å². The molecule has 188 valence electrons. The van der Waals surface area contributed by atoms with Crippen LogP contribution in [-0.2, 0) is 23.6 Å². The van der Waals surface area contributed by atoms with E-state index < -0.39 is 17.3 Å². The number of amides is 1. The Morgan fingerprint density at radius 1 is 1.29 bits per heavy atom. The van der Waals surface area contributed by atoms with Gasteiger partial charge in [-0.25, -0.2) is 4.98 Å². The van der Waals surface area contributed by atoms with E-state index in [1.54, 1.807) is 7.05 Å². The fraction of sp³-hybridized carbons (Fsp3) is 0.522. The Balaban J connectivity index is 1.10. The Morgan fingerprint density at radius 2 is 2.03 bits per heavy atom. The van der Waals surface area contributed by atoms with E-state index in [0.29, 0.717) is 35.7 Å². The highest BCUT2D eigenvalue weighted by Crippen LogP contribution is 2.39. The number of fused-ring (bicyclic) bond motifs is 1. The number of likely N-dealkylation sites (tertiary alicyclic amines) is 1. The lowest BCUT2D eigenvalue weighted by molar-refractivity contribution is -0.137. The Labute approximate surface area is 199 Å². The SMILES string of the molecule is Cn1nc(NCC(=O)NC2CN(C3CCC(O)(c4ncco4)CC3)C2)c2cc(C(F)(F)F)ccc21. The fourth-order valence-corrected chi connectivity index (χ4v) is 5.03. The van der Waals surface area contributed by atoms with Crippen LogP contribution in [0.25, 0.3) is 10.9 Å². The molecule has 12 heteroatoms. The highest BCUT2D eigenvalue weighted by Gasteiger charge is 2.42. The minimum absolute atomic E-state index is 0.00848. The minimum Gasteiger partial charge on any atom is -0.446 e. The van der Waals surface area contributed by atoms with Gasteiger partial charge in [-0.15, -0.1) is 0 Å². The number of halogens is 3. The molecule has 5 rings (SSSR count). The number of aromatic nitrogens is 3. The number of aryl methyl sites for hydroxylation is 1. The molecule has 0 atom stereocenters. The molecule has 2 fully saturated rings. The van der Waals surface area contributed by atoms with Crippen LogP contribution in [0.5, 0.6) is 0 Å². The first kappa shape index (κ1) is 23.6. The molecule has 3 N–H and O–H groups in total. The zero-order valence-corrected chi connectivity index (χ0v) is 19.2. The van der Waals surface area contributed by atoms with Crippen LogP contribution in [-0.4, -0.2) is 62.4 Å². The molecule has 2 aliphatic rings. The van der Waals surface area contributed by atoms with Gasteiger partial charge < -0.3 is 20.2 Å². The molecule has 0 unspecified atom stereocenters. The summed E-state index contributed by atoms with van der Waals surface area (Å²) in [5.74, 6) is 0.356. The van der Waals surface area contributed by atoms with Crippen LogP contribution in [0.4, 0.5) is 19.0 Å². The quantitative estimate of drug-likeness (QED) is 0.486. The fourth-order valence-electron chi connectivity index (χ4n) is 5.03. The molecule has 35 heavy (non-hydrogen) atoms. The zero-order valence-electron chi connectivity index (χ0n) is 19.2. The Hall–Kier alpha value is -3.12. The summed E-state index contributed by atoms with van der Waals surface area (Å²) < 4.78 is 46.0. The molecule has 1 aliphatic carbocycles. The molecule has 0 bridgehead atoms. The summed E-state index contributed by atoms with van der Waals surface area (Å²) in [4.78, 5) is 18.8. The van der Waals surface area contributed by atoms with Gasteiger partial charge in [0, 0.05) is 31.6 Å². The van der Waals surface area contributed by atoms with Gasteiger partial charge in [0.25, 0.3) is 0 Å². The predicted octanol–water partition coefficient (Wildman–Crippen LogP) is 2.62. The van der Waals surface area contributed by atoms with E-state index in [9.17, 15) is 23.1 Å². The standard InChI is InChI=1S/C23H27F3N6O3/c1-31-18-3-2-14(23(24,25)26)10-17(18)20(30-31)28-11-19(33)29-15-12-32(13-15)16-4-6-22(34,7-5-16)21-27-8-9-35-21/h2-3,8-10,15-16,34H,4-7,11-13H2,1H3,(H,28,30)(H,29,33). The molecule has 3 aromatic rings. The molecule has 1 amide bonds. The van der Waals surface area contributed by atoms with E-state index in [1.165, 1.54) is 23.2 Å². The first-order valence-electron chi connectivity index (χ1n) is 11.6. The number of carbonyl (C=O) groups excluding carboxylic acids is 1. The maximum absolute atomic E-state index is 13.1. The topological polar surface area (TPSA) is 108 Å². The van der Waals surface area contributed by atoms with Gasteiger partial charge in [0.05, 0.1) is 29.9 Å². The van der Waals surface area contributed by atoms with Crippen LogP contribution in [0.1, 0.15) is 37.1 Å². The van der Waals surface area contributed by atoms with E-state index in [4.69, 9.17) is 4.42 Å². The van der Waals surface area contributed by atoms with Crippen LogP contribution in [0.15, 0.2) is 35.1 Å². The molecule has 2 aromatic heterocycles. The van der Waals surface area contributed by atoms with E-state index in [-0.39, 0.29) is 24.3 Å². The lowest BCUT2D eigenvalue weighted by atomic mass is 9.80. The number of nitrogens with one attached hydrogen (secondary N) is 2. The molecule has 1 aliphatic heterocycles. The summed E-state index contributed by atoms with van der Waals surface area (Å²) >= 11 is 0. The molecular formula is C23H27F3N6O3. The number of alkyl halides is 3. The van der Waals surface area contributed by atoms with Gasteiger partial charge in [0.15, 0.2) is 5.82 Å². The second kappa shape index (κ2) is 8.83. The molecule has 1 aromatic carbocycles. The van der Waals surface area contributed by atoms with E-state index in [1.807, 2.05) is 0 Å². The second-order valence-electron chi connectivity index (χ2n) is 9.37. The van der Waals surface area contributed by atoms with Gasteiger partial charge in [-0.3, -0.25) is 14.4 Å². The number of hydrogen-bond acceptors (Lipinski definition) is 7. The molecular weight excluding hydrogens is 465 g/mol. The summed E-state index contributed by atoms with van der Waals surface area (Å²) in [6.07, 6.45) is 1.32. The highest BCUT2D eigenvalue weighted by atomic mass is 19.4. The van der Waals surface area contributed by atoms with Crippen molar-refractivity contribution in [1.82, 2.24) is 25.0 Å². The van der Waals surface area contributed by atoms with Crippen molar-refractivity contribution in [3.63, 3.8) is 0 Å². The van der Waals surface area contributed by atoms with E-state index in [0.717, 1.165) is 38.1 Å². The van der Waals surface area contributed by atoms with Crippen LogP contribution in [0.3, 0.4) is 0 Å². The number of oxazole rings is 1. The van der Waals surface area contributed by atoms with Crippen molar-refractivity contribution in [2.45, 2.75) is 49.5 Å². The van der Waals surface area contributed by atoms with Gasteiger partial charge in [0.1, 0.15) is 11.9 Å². The van der Waals surface area contributed by atoms with Crippen LogP contribution in [0, 0.1) is 0 Å². The predicted molar refractivity (Wildman–Crippen MR) is 120 cm³/mol. The normalized spacial score (nSPS) is 23.9. The average molecular weight is 493 g/mol. The van der Waals surface area contributed by atoms with Gasteiger partial charge in [0.2, 0.25) is 11.8 Å². The Kier molecular flexibility index (Phi) is 5.96. The van der Waals surface area contributed by atoms with Crippen molar-refractivity contribution in [2.75, 3.05) is 25.0 Å². The van der Waals surface area contributed by atoms with Gasteiger partial charge in [-0.05, 0) is 43.9 Å². The average Bonchev–Trinajstić information content (AvgIpc) is 3.44. The second-order valence-corrected chi connectivity index (χ2v) is 9.37. The lowest BCUT2D eigenvalue weighted by Crippen LogP contribution is -2.63. The summed E-state index contributed by atoms with van der Waals surface area (Å²) in [5.41, 5.74) is -1.24. The molecule has 3 heterocycles. The van der Waals surface area contributed by atoms with Gasteiger partial charge in [-0.1, -0.05) is 0 Å². The van der Waals surface area contributed by atoms with Gasteiger partial charge in [-0.2, -0.15) is 18.3 Å². The largest absolute Gasteiger partial charge is 0.446 e. The number of hydrogen-bond donors (Lipinski definition) is 3. The number of benzene rings is 1. The van der Waals surface area contributed by atoms with Gasteiger partial charge >= 0.3 is 6.18 Å². The van der Waals surface area contributed by atoms with Crippen molar-refractivity contribution in [2.24, 2.45) is 7.05 Å². The van der Waals surface area contributed by atoms with Crippen LogP contribution >= 0.6 is 0 Å². The third kappa shape index (κ3) is 4.72. The van der Waals surface area contributed by atoms with Crippen molar-refractivity contribution < 1.29 is 27.5 Å². The highest BCUT2D eigenvalue weighted by molar-refractivity contribution is 5.92.